The van der Waals surface area contributed by atoms with Crippen molar-refractivity contribution in [1.82, 2.24) is 5.32 Å². The molecule has 0 aromatic carbocycles. The quantitative estimate of drug-likeness (QED) is 0.611. The topological polar surface area (TPSA) is 12.0 Å². The lowest BCUT2D eigenvalue weighted by Crippen LogP contribution is -2.22. The lowest BCUT2D eigenvalue weighted by atomic mass is 9.75. The second-order valence-electron chi connectivity index (χ2n) is 6.78. The molecule has 0 saturated heterocycles. The fourth-order valence-electron chi connectivity index (χ4n) is 3.07. The summed E-state index contributed by atoms with van der Waals surface area (Å²) in [6.07, 6.45) is 11.5. The van der Waals surface area contributed by atoms with E-state index >= 15 is 0 Å². The minimum atomic E-state index is -0.0664. The molecular weight excluding hydrogens is 254 g/mol. The van der Waals surface area contributed by atoms with E-state index in [4.69, 9.17) is 0 Å². The van der Waals surface area contributed by atoms with E-state index in [9.17, 15) is 0 Å². The van der Waals surface area contributed by atoms with Crippen LogP contribution in [0.2, 0.25) is 0 Å². The van der Waals surface area contributed by atoms with Crippen LogP contribution in [0, 0.1) is 11.3 Å². The molecule has 0 spiro atoms. The third-order valence-corrected chi connectivity index (χ3v) is 5.20. The Hall–Kier alpha value is -1.24. The zero-order valence-electron chi connectivity index (χ0n) is 14.7. The van der Waals surface area contributed by atoms with E-state index in [1.54, 1.807) is 0 Å². The Morgan fingerprint density at radius 2 is 1.71 bits per heavy atom. The Kier molecular flexibility index (Phi) is 6.51. The molecule has 1 aliphatic rings. The molecule has 1 nitrogen and oxygen atoms in total. The molecule has 0 aliphatic heterocycles. The van der Waals surface area contributed by atoms with Crippen molar-refractivity contribution >= 4 is 0 Å². The first kappa shape index (κ1) is 17.8. The molecular formula is C20H33N. The predicted octanol–water partition coefficient (Wildman–Crippen LogP) is 5.77. The highest BCUT2D eigenvalue weighted by Crippen LogP contribution is 2.38. The van der Waals surface area contributed by atoms with Crippen LogP contribution in [-0.2, 0) is 0 Å². The van der Waals surface area contributed by atoms with E-state index in [0.29, 0.717) is 0 Å². The summed E-state index contributed by atoms with van der Waals surface area (Å²) in [6, 6.07) is 0. The largest absolute Gasteiger partial charge is 0.388 e. The standard InChI is InChI=1S/C20H33N/c1-8-18(19-12-10-9-11-13-19)14-15(2)20(5,6)16(3)17(4)21-7/h8,14,19,21H,3-4,9-13H2,1-2,5-7H3/b15-14+,18-8+. The van der Waals surface area contributed by atoms with Crippen molar-refractivity contribution in [2.45, 2.75) is 59.8 Å². The number of allylic oxidation sites excluding steroid dienone is 5. The van der Waals surface area contributed by atoms with Crippen molar-refractivity contribution in [3.63, 3.8) is 0 Å². The molecule has 1 aliphatic carbocycles. The van der Waals surface area contributed by atoms with Crippen LogP contribution in [0.15, 0.2) is 47.7 Å². The van der Waals surface area contributed by atoms with Gasteiger partial charge in [-0.15, -0.1) is 0 Å². The molecule has 1 fully saturated rings. The molecule has 0 unspecified atom stereocenters. The van der Waals surface area contributed by atoms with Gasteiger partial charge in [0, 0.05) is 18.2 Å². The first-order valence-electron chi connectivity index (χ1n) is 8.26. The monoisotopic (exact) mass is 287 g/mol. The molecule has 0 aromatic rings. The minimum Gasteiger partial charge on any atom is -0.388 e. The third kappa shape index (κ3) is 4.36. The molecule has 1 saturated carbocycles. The van der Waals surface area contributed by atoms with Gasteiger partial charge in [-0.1, -0.05) is 64.0 Å². The van der Waals surface area contributed by atoms with Gasteiger partial charge in [-0.3, -0.25) is 0 Å². The van der Waals surface area contributed by atoms with Crippen molar-refractivity contribution in [3.8, 4) is 0 Å². The molecule has 1 N–H and O–H groups in total. The van der Waals surface area contributed by atoms with Gasteiger partial charge in [-0.05, 0) is 43.8 Å². The van der Waals surface area contributed by atoms with Gasteiger partial charge in [-0.2, -0.15) is 0 Å². The molecule has 0 amide bonds. The van der Waals surface area contributed by atoms with Crippen molar-refractivity contribution in [1.29, 1.82) is 0 Å². The summed E-state index contributed by atoms with van der Waals surface area (Å²) >= 11 is 0. The van der Waals surface area contributed by atoms with Gasteiger partial charge in [0.1, 0.15) is 0 Å². The lowest BCUT2D eigenvalue weighted by Gasteiger charge is -2.31. The number of nitrogens with one attached hydrogen (secondary N) is 1. The maximum Gasteiger partial charge on any atom is 0.0299 e. The average Bonchev–Trinajstić information content (AvgIpc) is 2.51. The molecule has 118 valence electrons. The summed E-state index contributed by atoms with van der Waals surface area (Å²) < 4.78 is 0. The van der Waals surface area contributed by atoms with Crippen molar-refractivity contribution in [2.75, 3.05) is 7.05 Å². The highest BCUT2D eigenvalue weighted by atomic mass is 14.8. The molecule has 0 heterocycles. The Morgan fingerprint density at radius 1 is 1.14 bits per heavy atom. The Bertz CT molecular complexity index is 442. The van der Waals surface area contributed by atoms with E-state index in [0.717, 1.165) is 17.2 Å². The highest BCUT2D eigenvalue weighted by Gasteiger charge is 2.26. The first-order valence-corrected chi connectivity index (χ1v) is 8.26. The average molecular weight is 287 g/mol. The zero-order valence-corrected chi connectivity index (χ0v) is 14.7. The Labute approximate surface area is 131 Å². The fraction of sp³-hybridized carbons (Fsp3) is 0.600. The molecule has 21 heavy (non-hydrogen) atoms. The second kappa shape index (κ2) is 7.68. The van der Waals surface area contributed by atoms with Gasteiger partial charge in [0.2, 0.25) is 0 Å². The zero-order chi connectivity index (χ0) is 16.0. The minimum absolute atomic E-state index is 0.0664. The molecule has 0 atom stereocenters. The first-order chi connectivity index (χ1) is 9.84. The van der Waals surface area contributed by atoms with E-state index in [1.807, 2.05) is 7.05 Å². The number of likely N-dealkylation sites (N-methyl/N-ethyl adjacent to an activating group) is 1. The Morgan fingerprint density at radius 3 is 2.19 bits per heavy atom. The van der Waals surface area contributed by atoms with Crippen LogP contribution in [0.25, 0.3) is 0 Å². The summed E-state index contributed by atoms with van der Waals surface area (Å²) in [7, 11) is 1.90. The van der Waals surface area contributed by atoms with Gasteiger partial charge < -0.3 is 5.32 Å². The van der Waals surface area contributed by atoms with Crippen LogP contribution in [0.3, 0.4) is 0 Å². The van der Waals surface area contributed by atoms with Gasteiger partial charge >= 0.3 is 0 Å². The smallest absolute Gasteiger partial charge is 0.0299 e. The molecule has 1 rings (SSSR count). The van der Waals surface area contributed by atoms with Crippen molar-refractivity contribution in [3.05, 3.63) is 47.7 Å². The third-order valence-electron chi connectivity index (χ3n) is 5.20. The summed E-state index contributed by atoms with van der Waals surface area (Å²) in [5.74, 6) is 0.746. The predicted molar refractivity (Wildman–Crippen MR) is 95.2 cm³/mol. The van der Waals surface area contributed by atoms with Crippen molar-refractivity contribution < 1.29 is 0 Å². The maximum atomic E-state index is 4.24. The lowest BCUT2D eigenvalue weighted by molar-refractivity contribution is 0.407. The van der Waals surface area contributed by atoms with Gasteiger partial charge in [0.25, 0.3) is 0 Å². The summed E-state index contributed by atoms with van der Waals surface area (Å²) in [6.45, 7) is 17.2. The molecule has 0 bridgehead atoms. The van der Waals surface area contributed by atoms with E-state index in [2.05, 4.69) is 58.3 Å². The summed E-state index contributed by atoms with van der Waals surface area (Å²) in [5, 5.41) is 3.12. The van der Waals surface area contributed by atoms with Gasteiger partial charge in [0.05, 0.1) is 0 Å². The SMILES string of the molecule is C=C(NC)C(=C)C(C)(C)/C(C)=C/C(=C\C)C1CCCCC1. The van der Waals surface area contributed by atoms with E-state index < -0.39 is 0 Å². The van der Waals surface area contributed by atoms with Crippen LogP contribution in [-0.4, -0.2) is 7.05 Å². The second-order valence-corrected chi connectivity index (χ2v) is 6.78. The Balaban J connectivity index is 2.94. The van der Waals surface area contributed by atoms with Crippen LogP contribution < -0.4 is 5.32 Å². The molecule has 0 aromatic heterocycles. The number of hydrogen-bond donors (Lipinski definition) is 1. The van der Waals surface area contributed by atoms with Crippen LogP contribution >= 0.6 is 0 Å². The molecule has 0 radical (unpaired) electrons. The van der Waals surface area contributed by atoms with Gasteiger partial charge in [-0.25, -0.2) is 0 Å². The number of rotatable bonds is 6. The maximum absolute atomic E-state index is 4.24. The summed E-state index contributed by atoms with van der Waals surface area (Å²) in [4.78, 5) is 0. The van der Waals surface area contributed by atoms with Crippen LogP contribution in [0.1, 0.15) is 59.8 Å². The highest BCUT2D eigenvalue weighted by molar-refractivity contribution is 5.39. The molecule has 1 heteroatoms. The van der Waals surface area contributed by atoms with Crippen LogP contribution in [0.4, 0.5) is 0 Å². The fourth-order valence-corrected chi connectivity index (χ4v) is 3.07. The number of hydrogen-bond acceptors (Lipinski definition) is 1. The van der Waals surface area contributed by atoms with Crippen molar-refractivity contribution in [2.24, 2.45) is 11.3 Å². The van der Waals surface area contributed by atoms with Crippen LogP contribution in [0.5, 0.6) is 0 Å². The summed E-state index contributed by atoms with van der Waals surface area (Å²) in [5.41, 5.74) is 4.79. The van der Waals surface area contributed by atoms with E-state index in [-0.39, 0.29) is 5.41 Å². The normalized spacial score (nSPS) is 18.5. The van der Waals surface area contributed by atoms with Gasteiger partial charge in [0.15, 0.2) is 0 Å². The van der Waals surface area contributed by atoms with E-state index in [1.165, 1.54) is 43.3 Å².